The summed E-state index contributed by atoms with van der Waals surface area (Å²) in [6.45, 7) is 5.67. The lowest BCUT2D eigenvalue weighted by Crippen LogP contribution is -2.47. The Morgan fingerprint density at radius 3 is 2.58 bits per heavy atom. The van der Waals surface area contributed by atoms with Crippen LogP contribution in [0.15, 0.2) is 36.4 Å². The molecule has 2 fully saturated rings. The number of thiophene rings is 1. The average molecular weight is 436 g/mol. The number of nitrogens with one attached hydrogen (secondary N) is 2. The highest BCUT2D eigenvalue weighted by Crippen LogP contribution is 2.37. The Labute approximate surface area is 187 Å². The van der Waals surface area contributed by atoms with E-state index in [1.807, 2.05) is 13.0 Å². The molecule has 7 heteroatoms. The van der Waals surface area contributed by atoms with Crippen LogP contribution in [0.3, 0.4) is 0 Å². The first-order valence-electron chi connectivity index (χ1n) is 11.3. The number of fused-ring (bicyclic) bond motifs is 1. The minimum Gasteiger partial charge on any atom is -0.356 e. The van der Waals surface area contributed by atoms with Crippen molar-refractivity contribution in [3.63, 3.8) is 0 Å². The predicted molar refractivity (Wildman–Crippen MR) is 127 cm³/mol. The van der Waals surface area contributed by atoms with Gasteiger partial charge in [0.15, 0.2) is 0 Å². The minimum absolute atomic E-state index is 0.104. The maximum absolute atomic E-state index is 12.8. The zero-order valence-corrected chi connectivity index (χ0v) is 18.8. The molecule has 2 N–H and O–H groups in total. The van der Waals surface area contributed by atoms with Crippen molar-refractivity contribution in [3.05, 3.63) is 42.2 Å². The second-order valence-electron chi connectivity index (χ2n) is 8.58. The maximum Gasteiger partial charge on any atom is 0.223 e. The van der Waals surface area contributed by atoms with Gasteiger partial charge in [-0.3, -0.25) is 4.79 Å². The fourth-order valence-corrected chi connectivity index (χ4v) is 5.71. The molecule has 2 aromatic heterocycles. The average Bonchev–Trinajstić information content (AvgIpc) is 3.24. The van der Waals surface area contributed by atoms with E-state index in [-0.39, 0.29) is 11.8 Å². The van der Waals surface area contributed by atoms with Crippen LogP contribution in [0.5, 0.6) is 0 Å². The summed E-state index contributed by atoms with van der Waals surface area (Å²) in [6.07, 6.45) is 3.81. The van der Waals surface area contributed by atoms with E-state index in [1.54, 1.807) is 11.3 Å². The van der Waals surface area contributed by atoms with Gasteiger partial charge in [-0.15, -0.1) is 11.3 Å². The number of amides is 1. The van der Waals surface area contributed by atoms with Crippen molar-refractivity contribution in [2.75, 3.05) is 31.1 Å². The summed E-state index contributed by atoms with van der Waals surface area (Å²) < 4.78 is 0. The van der Waals surface area contributed by atoms with Crippen LogP contribution >= 0.6 is 11.3 Å². The van der Waals surface area contributed by atoms with Gasteiger partial charge in [-0.25, -0.2) is 9.97 Å². The van der Waals surface area contributed by atoms with Gasteiger partial charge in [-0.1, -0.05) is 30.3 Å². The Morgan fingerprint density at radius 2 is 1.84 bits per heavy atom. The van der Waals surface area contributed by atoms with Gasteiger partial charge in [-0.05, 0) is 57.3 Å². The van der Waals surface area contributed by atoms with Crippen molar-refractivity contribution in [1.82, 2.24) is 20.6 Å². The number of aromatic nitrogens is 2. The maximum atomic E-state index is 12.8. The van der Waals surface area contributed by atoms with E-state index in [1.165, 1.54) is 10.4 Å². The second-order valence-corrected chi connectivity index (χ2v) is 9.61. The van der Waals surface area contributed by atoms with Crippen LogP contribution in [0.1, 0.15) is 31.5 Å². The highest BCUT2D eigenvalue weighted by Gasteiger charge is 2.28. The van der Waals surface area contributed by atoms with Gasteiger partial charge in [0.2, 0.25) is 5.91 Å². The largest absolute Gasteiger partial charge is 0.356 e. The van der Waals surface area contributed by atoms with E-state index < -0.39 is 0 Å². The molecule has 0 spiro atoms. The van der Waals surface area contributed by atoms with Crippen molar-refractivity contribution in [2.24, 2.45) is 5.92 Å². The number of piperidine rings is 2. The normalized spacial score (nSPS) is 18.4. The number of anilines is 1. The van der Waals surface area contributed by atoms with Crippen molar-refractivity contribution < 1.29 is 4.79 Å². The first-order chi connectivity index (χ1) is 15.2. The first-order valence-corrected chi connectivity index (χ1v) is 12.1. The molecule has 162 valence electrons. The van der Waals surface area contributed by atoms with Crippen molar-refractivity contribution in [1.29, 1.82) is 0 Å². The summed E-state index contributed by atoms with van der Waals surface area (Å²) in [7, 11) is 0. The lowest BCUT2D eigenvalue weighted by molar-refractivity contribution is -0.126. The summed E-state index contributed by atoms with van der Waals surface area (Å²) in [5, 5.41) is 7.75. The van der Waals surface area contributed by atoms with Gasteiger partial charge in [0, 0.05) is 29.9 Å². The predicted octanol–water partition coefficient (Wildman–Crippen LogP) is 3.75. The van der Waals surface area contributed by atoms with E-state index >= 15 is 0 Å². The van der Waals surface area contributed by atoms with E-state index in [2.05, 4.69) is 45.9 Å². The summed E-state index contributed by atoms with van der Waals surface area (Å²) >= 11 is 1.72. The number of carbonyl (C=O) groups is 1. The molecule has 0 atom stereocenters. The Kier molecular flexibility index (Phi) is 5.87. The van der Waals surface area contributed by atoms with Crippen LogP contribution < -0.4 is 15.5 Å². The summed E-state index contributed by atoms with van der Waals surface area (Å²) in [6, 6.07) is 13.0. The molecule has 2 aliphatic rings. The Balaban J connectivity index is 1.31. The molecule has 4 heterocycles. The van der Waals surface area contributed by atoms with Crippen LogP contribution in [0.4, 0.5) is 5.82 Å². The molecule has 0 bridgehead atoms. The van der Waals surface area contributed by atoms with Gasteiger partial charge in [0.1, 0.15) is 16.5 Å². The molecule has 0 unspecified atom stereocenters. The minimum atomic E-state index is 0.104. The van der Waals surface area contributed by atoms with Gasteiger partial charge < -0.3 is 15.5 Å². The summed E-state index contributed by atoms with van der Waals surface area (Å²) in [4.78, 5) is 26.9. The molecule has 31 heavy (non-hydrogen) atoms. The standard InChI is InChI=1S/C24H29N5OS/c1-16-26-22(20-15-21(31-24(20)27-16)17-5-3-2-4-6-17)29-13-9-18(10-14-29)23(30)28-19-7-11-25-12-8-19/h2-6,15,18-19,25H,7-14H2,1H3,(H,28,30). The third-order valence-electron chi connectivity index (χ3n) is 6.39. The van der Waals surface area contributed by atoms with E-state index in [9.17, 15) is 4.79 Å². The van der Waals surface area contributed by atoms with Gasteiger partial charge in [-0.2, -0.15) is 0 Å². The molecule has 5 rings (SSSR count). The van der Waals surface area contributed by atoms with Crippen molar-refractivity contribution >= 4 is 33.3 Å². The molecular formula is C24H29N5OS. The van der Waals surface area contributed by atoms with Crippen molar-refractivity contribution in [3.8, 4) is 10.4 Å². The molecule has 2 saturated heterocycles. The Morgan fingerprint density at radius 1 is 1.10 bits per heavy atom. The van der Waals surface area contributed by atoms with E-state index in [0.717, 1.165) is 73.7 Å². The highest BCUT2D eigenvalue weighted by molar-refractivity contribution is 7.21. The number of rotatable bonds is 4. The van der Waals surface area contributed by atoms with Crippen LogP contribution in [-0.2, 0) is 4.79 Å². The third-order valence-corrected chi connectivity index (χ3v) is 7.47. The third kappa shape index (κ3) is 4.43. The Hall–Kier alpha value is -2.51. The molecule has 3 aromatic rings. The van der Waals surface area contributed by atoms with E-state index in [0.29, 0.717) is 6.04 Å². The molecule has 1 aromatic carbocycles. The van der Waals surface area contributed by atoms with Crippen LogP contribution in [-0.4, -0.2) is 48.1 Å². The number of aryl methyl sites for hydroxylation is 1. The lowest BCUT2D eigenvalue weighted by Gasteiger charge is -2.33. The zero-order valence-electron chi connectivity index (χ0n) is 17.9. The number of benzene rings is 1. The Bertz CT molecular complexity index is 1050. The zero-order chi connectivity index (χ0) is 21.2. The second kappa shape index (κ2) is 8.93. The first kappa shape index (κ1) is 20.4. The number of hydrogen-bond acceptors (Lipinski definition) is 6. The van der Waals surface area contributed by atoms with Gasteiger partial charge >= 0.3 is 0 Å². The molecule has 0 aliphatic carbocycles. The summed E-state index contributed by atoms with van der Waals surface area (Å²) in [5.74, 6) is 2.15. The smallest absolute Gasteiger partial charge is 0.223 e. The number of hydrogen-bond donors (Lipinski definition) is 2. The molecule has 0 saturated carbocycles. The SMILES string of the molecule is Cc1nc(N2CCC(C(=O)NC3CCNCC3)CC2)c2cc(-c3ccccc3)sc2n1. The molecular weight excluding hydrogens is 406 g/mol. The van der Waals surface area contributed by atoms with Gasteiger partial charge in [0.05, 0.1) is 5.39 Å². The van der Waals surface area contributed by atoms with Gasteiger partial charge in [0.25, 0.3) is 0 Å². The van der Waals surface area contributed by atoms with E-state index in [4.69, 9.17) is 9.97 Å². The number of carbonyl (C=O) groups excluding carboxylic acids is 1. The molecule has 2 aliphatic heterocycles. The lowest BCUT2D eigenvalue weighted by atomic mass is 9.94. The highest BCUT2D eigenvalue weighted by atomic mass is 32.1. The van der Waals surface area contributed by atoms with Crippen molar-refractivity contribution in [2.45, 2.75) is 38.6 Å². The fourth-order valence-electron chi connectivity index (χ4n) is 4.63. The quantitative estimate of drug-likeness (QED) is 0.653. The number of nitrogens with zero attached hydrogens (tertiary/aromatic N) is 3. The fraction of sp³-hybridized carbons (Fsp3) is 0.458. The van der Waals surface area contributed by atoms with Crippen LogP contribution in [0, 0.1) is 12.8 Å². The molecule has 6 nitrogen and oxygen atoms in total. The summed E-state index contributed by atoms with van der Waals surface area (Å²) in [5.41, 5.74) is 1.21. The van der Waals surface area contributed by atoms with Crippen LogP contribution in [0.25, 0.3) is 20.7 Å². The monoisotopic (exact) mass is 435 g/mol. The molecule has 1 amide bonds. The topological polar surface area (TPSA) is 70.2 Å². The molecule has 0 radical (unpaired) electrons. The van der Waals surface area contributed by atoms with Crippen LogP contribution in [0.2, 0.25) is 0 Å².